The van der Waals surface area contributed by atoms with Gasteiger partial charge in [-0.25, -0.2) is 9.97 Å². The van der Waals surface area contributed by atoms with Gasteiger partial charge in [-0.2, -0.15) is 0 Å². The zero-order chi connectivity index (χ0) is 21.1. The molecule has 150 valence electrons. The number of rotatable bonds is 5. The van der Waals surface area contributed by atoms with Gasteiger partial charge in [-0.1, -0.05) is 28.1 Å². The van der Waals surface area contributed by atoms with Crippen molar-refractivity contribution in [2.24, 2.45) is 0 Å². The van der Waals surface area contributed by atoms with E-state index in [0.717, 1.165) is 32.2 Å². The molecule has 0 atom stereocenters. The van der Waals surface area contributed by atoms with Gasteiger partial charge in [-0.15, -0.1) is 0 Å². The number of pyridine rings is 1. The number of para-hydroxylation sites is 1. The van der Waals surface area contributed by atoms with E-state index in [1.54, 1.807) is 12.4 Å². The number of halogens is 1. The molecular formula is C23H20BrN5O. The Morgan fingerprint density at radius 1 is 1.07 bits per heavy atom. The highest BCUT2D eigenvalue weighted by Gasteiger charge is 2.16. The summed E-state index contributed by atoms with van der Waals surface area (Å²) in [5.41, 5.74) is 3.49. The topological polar surface area (TPSA) is 71.0 Å². The highest BCUT2D eigenvalue weighted by atomic mass is 79.9. The van der Waals surface area contributed by atoms with Crippen LogP contribution in [0, 0.1) is 6.92 Å². The molecule has 0 saturated heterocycles. The molecule has 0 spiro atoms. The predicted octanol–water partition coefficient (Wildman–Crippen LogP) is 4.84. The van der Waals surface area contributed by atoms with Crippen LogP contribution in [-0.2, 0) is 4.79 Å². The SMILES string of the molecule is Cc1cc(Br)ccc1NC(=O)CN(C)c1nc(-c2ccncc2)nc2ccccc12. The number of amides is 1. The van der Waals surface area contributed by atoms with E-state index in [1.165, 1.54) is 0 Å². The molecule has 7 heteroatoms. The first-order valence-electron chi connectivity index (χ1n) is 9.45. The fraction of sp³-hybridized carbons (Fsp3) is 0.130. The molecule has 0 saturated carbocycles. The Hall–Kier alpha value is -3.32. The molecule has 0 unspecified atom stereocenters. The number of hydrogen-bond acceptors (Lipinski definition) is 5. The minimum Gasteiger partial charge on any atom is -0.350 e. The molecule has 0 fully saturated rings. The van der Waals surface area contributed by atoms with Crippen molar-refractivity contribution in [3.05, 3.63) is 77.0 Å². The van der Waals surface area contributed by atoms with Gasteiger partial charge in [-0.3, -0.25) is 9.78 Å². The van der Waals surface area contributed by atoms with Crippen LogP contribution in [0.25, 0.3) is 22.3 Å². The van der Waals surface area contributed by atoms with E-state index in [0.29, 0.717) is 11.6 Å². The van der Waals surface area contributed by atoms with Crippen molar-refractivity contribution in [3.8, 4) is 11.4 Å². The molecule has 4 rings (SSSR count). The monoisotopic (exact) mass is 461 g/mol. The normalized spacial score (nSPS) is 10.8. The molecule has 0 aliphatic heterocycles. The van der Waals surface area contributed by atoms with Crippen LogP contribution >= 0.6 is 15.9 Å². The van der Waals surface area contributed by atoms with E-state index in [9.17, 15) is 4.79 Å². The lowest BCUT2D eigenvalue weighted by Gasteiger charge is -2.20. The number of aryl methyl sites for hydroxylation is 1. The van der Waals surface area contributed by atoms with Gasteiger partial charge in [0.05, 0.1) is 12.1 Å². The Morgan fingerprint density at radius 2 is 1.83 bits per heavy atom. The smallest absolute Gasteiger partial charge is 0.243 e. The van der Waals surface area contributed by atoms with Crippen molar-refractivity contribution in [1.29, 1.82) is 0 Å². The largest absolute Gasteiger partial charge is 0.350 e. The summed E-state index contributed by atoms with van der Waals surface area (Å²) in [6.45, 7) is 2.12. The third-order valence-corrected chi connectivity index (χ3v) is 5.22. The Bertz CT molecular complexity index is 1210. The van der Waals surface area contributed by atoms with Crippen LogP contribution in [0.1, 0.15) is 5.56 Å². The van der Waals surface area contributed by atoms with Crippen LogP contribution in [0.5, 0.6) is 0 Å². The second-order valence-corrected chi connectivity index (χ2v) is 7.90. The summed E-state index contributed by atoms with van der Waals surface area (Å²) >= 11 is 3.44. The molecule has 1 amide bonds. The minimum absolute atomic E-state index is 0.115. The van der Waals surface area contributed by atoms with Crippen molar-refractivity contribution in [3.63, 3.8) is 0 Å². The number of benzene rings is 2. The van der Waals surface area contributed by atoms with Crippen LogP contribution in [0.15, 0.2) is 71.5 Å². The number of nitrogens with one attached hydrogen (secondary N) is 1. The van der Waals surface area contributed by atoms with E-state index < -0.39 is 0 Å². The van der Waals surface area contributed by atoms with Gasteiger partial charge in [0.2, 0.25) is 5.91 Å². The van der Waals surface area contributed by atoms with Crippen molar-refractivity contribution >= 4 is 44.2 Å². The molecule has 2 aromatic carbocycles. The Labute approximate surface area is 183 Å². The average molecular weight is 462 g/mol. The number of nitrogens with zero attached hydrogens (tertiary/aromatic N) is 4. The second-order valence-electron chi connectivity index (χ2n) is 6.99. The lowest BCUT2D eigenvalue weighted by molar-refractivity contribution is -0.114. The number of anilines is 2. The third-order valence-electron chi connectivity index (χ3n) is 4.73. The highest BCUT2D eigenvalue weighted by Crippen LogP contribution is 2.27. The number of hydrogen-bond donors (Lipinski definition) is 1. The number of likely N-dealkylation sites (N-methyl/N-ethyl adjacent to an activating group) is 1. The molecule has 6 nitrogen and oxygen atoms in total. The summed E-state index contributed by atoms with van der Waals surface area (Å²) in [6, 6.07) is 17.3. The molecule has 0 bridgehead atoms. The highest BCUT2D eigenvalue weighted by molar-refractivity contribution is 9.10. The Morgan fingerprint density at radius 3 is 2.60 bits per heavy atom. The van der Waals surface area contributed by atoms with Gasteiger partial charge in [0.15, 0.2) is 5.82 Å². The van der Waals surface area contributed by atoms with Gasteiger partial charge in [0.1, 0.15) is 5.82 Å². The molecule has 1 N–H and O–H groups in total. The zero-order valence-electron chi connectivity index (χ0n) is 16.6. The lowest BCUT2D eigenvalue weighted by Crippen LogP contribution is -2.31. The lowest BCUT2D eigenvalue weighted by atomic mass is 10.2. The molecule has 0 radical (unpaired) electrons. The zero-order valence-corrected chi connectivity index (χ0v) is 18.2. The number of carbonyl (C=O) groups excluding carboxylic acids is 1. The first kappa shape index (κ1) is 20.0. The predicted molar refractivity (Wildman–Crippen MR) is 124 cm³/mol. The molecule has 2 heterocycles. The van der Waals surface area contributed by atoms with E-state index in [2.05, 4.69) is 31.2 Å². The molecular weight excluding hydrogens is 442 g/mol. The molecule has 4 aromatic rings. The van der Waals surface area contributed by atoms with E-state index in [4.69, 9.17) is 4.98 Å². The van der Waals surface area contributed by atoms with Crippen LogP contribution in [0.4, 0.5) is 11.5 Å². The summed E-state index contributed by atoms with van der Waals surface area (Å²) in [5, 5.41) is 3.87. The standard InChI is InChI=1S/C23H20BrN5O/c1-15-13-17(24)7-8-19(15)26-21(30)14-29(2)23-18-5-3-4-6-20(18)27-22(28-23)16-9-11-25-12-10-16/h3-13H,14H2,1-2H3,(H,26,30). The number of carbonyl (C=O) groups is 1. The first-order chi connectivity index (χ1) is 14.5. The first-order valence-corrected chi connectivity index (χ1v) is 10.2. The summed E-state index contributed by atoms with van der Waals surface area (Å²) in [5.74, 6) is 1.19. The Kier molecular flexibility index (Phi) is 5.72. The van der Waals surface area contributed by atoms with Gasteiger partial charge in [0, 0.05) is 40.6 Å². The van der Waals surface area contributed by atoms with Gasteiger partial charge in [0.25, 0.3) is 0 Å². The van der Waals surface area contributed by atoms with Gasteiger partial charge in [-0.05, 0) is 55.0 Å². The van der Waals surface area contributed by atoms with Gasteiger partial charge >= 0.3 is 0 Å². The molecule has 0 aliphatic rings. The Balaban J connectivity index is 1.63. The fourth-order valence-corrected chi connectivity index (χ4v) is 3.70. The summed E-state index contributed by atoms with van der Waals surface area (Å²) in [4.78, 5) is 28.1. The van der Waals surface area contributed by atoms with E-state index in [-0.39, 0.29) is 12.5 Å². The summed E-state index contributed by atoms with van der Waals surface area (Å²) in [6.07, 6.45) is 3.43. The minimum atomic E-state index is -0.115. The van der Waals surface area contributed by atoms with Crippen LogP contribution in [0.2, 0.25) is 0 Å². The van der Waals surface area contributed by atoms with Crippen LogP contribution < -0.4 is 10.2 Å². The fourth-order valence-electron chi connectivity index (χ4n) is 3.23. The summed E-state index contributed by atoms with van der Waals surface area (Å²) < 4.78 is 0.978. The van der Waals surface area contributed by atoms with Crippen LogP contribution in [-0.4, -0.2) is 34.5 Å². The molecule has 2 aromatic heterocycles. The maximum absolute atomic E-state index is 12.7. The van der Waals surface area contributed by atoms with Crippen molar-refractivity contribution in [1.82, 2.24) is 15.0 Å². The summed E-state index contributed by atoms with van der Waals surface area (Å²) in [7, 11) is 1.86. The second kappa shape index (κ2) is 8.59. The van der Waals surface area contributed by atoms with Crippen molar-refractivity contribution in [2.75, 3.05) is 23.8 Å². The maximum Gasteiger partial charge on any atom is 0.243 e. The van der Waals surface area contributed by atoms with E-state index >= 15 is 0 Å². The van der Waals surface area contributed by atoms with Gasteiger partial charge < -0.3 is 10.2 Å². The maximum atomic E-state index is 12.7. The molecule has 30 heavy (non-hydrogen) atoms. The van der Waals surface area contributed by atoms with E-state index in [1.807, 2.05) is 73.5 Å². The molecule has 0 aliphatic carbocycles. The third kappa shape index (κ3) is 4.31. The number of aromatic nitrogens is 3. The quantitative estimate of drug-likeness (QED) is 0.460. The van der Waals surface area contributed by atoms with Crippen LogP contribution in [0.3, 0.4) is 0 Å². The average Bonchev–Trinajstić information content (AvgIpc) is 2.75. The van der Waals surface area contributed by atoms with Crippen molar-refractivity contribution < 1.29 is 4.79 Å². The number of fused-ring (bicyclic) bond motifs is 1. The van der Waals surface area contributed by atoms with Crippen molar-refractivity contribution in [2.45, 2.75) is 6.92 Å².